The van der Waals surface area contributed by atoms with Crippen LogP contribution < -0.4 is 10.2 Å². The Hall–Kier alpha value is -1.69. The van der Waals surface area contributed by atoms with Crippen molar-refractivity contribution in [1.82, 2.24) is 15.3 Å². The lowest BCUT2D eigenvalue weighted by Gasteiger charge is -2.44. The van der Waals surface area contributed by atoms with Crippen LogP contribution in [0.1, 0.15) is 26.7 Å². The molecule has 120 valence electrons. The molecule has 3 atom stereocenters. The number of carbonyl (C=O) groups excluding carboxylic acids is 1. The zero-order chi connectivity index (χ0) is 15.5. The van der Waals surface area contributed by atoms with E-state index in [1.54, 1.807) is 12.4 Å². The highest BCUT2D eigenvalue weighted by Gasteiger charge is 2.42. The Morgan fingerprint density at radius 3 is 2.86 bits per heavy atom. The van der Waals surface area contributed by atoms with E-state index < -0.39 is 0 Å². The summed E-state index contributed by atoms with van der Waals surface area (Å²) in [6.45, 7) is 6.34. The summed E-state index contributed by atoms with van der Waals surface area (Å²) in [6.07, 6.45) is 5.41. The molecule has 2 aliphatic rings. The van der Waals surface area contributed by atoms with E-state index in [2.05, 4.69) is 20.2 Å². The van der Waals surface area contributed by atoms with E-state index in [0.29, 0.717) is 6.61 Å². The largest absolute Gasteiger partial charge is 0.378 e. The van der Waals surface area contributed by atoms with Crippen molar-refractivity contribution in [3.05, 3.63) is 18.5 Å². The van der Waals surface area contributed by atoms with Crippen LogP contribution in [0.4, 0.5) is 5.95 Å². The van der Waals surface area contributed by atoms with Crippen LogP contribution in [-0.2, 0) is 9.53 Å². The molecule has 0 saturated carbocycles. The first-order chi connectivity index (χ1) is 10.6. The predicted molar refractivity (Wildman–Crippen MR) is 83.5 cm³/mol. The molecule has 1 N–H and O–H groups in total. The number of hydrogen-bond acceptors (Lipinski definition) is 5. The Bertz CT molecular complexity index is 508. The lowest BCUT2D eigenvalue weighted by molar-refractivity contribution is -0.137. The Balaban J connectivity index is 1.73. The zero-order valence-electron chi connectivity index (χ0n) is 13.2. The molecule has 0 unspecified atom stereocenters. The molecule has 3 heterocycles. The summed E-state index contributed by atoms with van der Waals surface area (Å²) >= 11 is 0. The third-order valence-corrected chi connectivity index (χ3v) is 4.47. The third-order valence-electron chi connectivity index (χ3n) is 4.47. The van der Waals surface area contributed by atoms with Gasteiger partial charge in [-0.15, -0.1) is 0 Å². The first-order valence-corrected chi connectivity index (χ1v) is 8.09. The van der Waals surface area contributed by atoms with E-state index in [4.69, 9.17) is 4.74 Å². The van der Waals surface area contributed by atoms with Gasteiger partial charge in [0.2, 0.25) is 11.9 Å². The van der Waals surface area contributed by atoms with Gasteiger partial charge in [0.15, 0.2) is 0 Å². The summed E-state index contributed by atoms with van der Waals surface area (Å²) in [5.41, 5.74) is 0. The van der Waals surface area contributed by atoms with Crippen LogP contribution in [0.2, 0.25) is 0 Å². The summed E-state index contributed by atoms with van der Waals surface area (Å²) in [6, 6.07) is 1.99. The van der Waals surface area contributed by atoms with Gasteiger partial charge in [-0.3, -0.25) is 4.79 Å². The lowest BCUT2D eigenvalue weighted by Crippen LogP contribution is -2.54. The molecule has 2 aliphatic heterocycles. The average Bonchev–Trinajstić information content (AvgIpc) is 2.54. The molecule has 1 amide bonds. The van der Waals surface area contributed by atoms with Gasteiger partial charge in [-0.1, -0.05) is 0 Å². The second-order valence-corrected chi connectivity index (χ2v) is 6.42. The normalized spacial score (nSPS) is 28.3. The number of nitrogens with one attached hydrogen (secondary N) is 1. The summed E-state index contributed by atoms with van der Waals surface area (Å²) < 4.78 is 5.90. The average molecular weight is 304 g/mol. The minimum Gasteiger partial charge on any atom is -0.378 e. The maximum absolute atomic E-state index is 12.5. The van der Waals surface area contributed by atoms with Gasteiger partial charge in [-0.2, -0.15) is 0 Å². The Morgan fingerprint density at radius 2 is 2.14 bits per heavy atom. The van der Waals surface area contributed by atoms with Crippen molar-refractivity contribution in [1.29, 1.82) is 0 Å². The topological polar surface area (TPSA) is 67.3 Å². The van der Waals surface area contributed by atoms with E-state index in [1.807, 2.05) is 19.9 Å². The molecule has 6 nitrogen and oxygen atoms in total. The molecule has 0 aromatic carbocycles. The Morgan fingerprint density at radius 1 is 1.36 bits per heavy atom. The van der Waals surface area contributed by atoms with Crippen molar-refractivity contribution in [2.45, 2.75) is 38.8 Å². The molecule has 0 bridgehead atoms. The molecule has 0 spiro atoms. The second-order valence-electron chi connectivity index (χ2n) is 6.42. The SMILES string of the molecule is CC(C)NC(=O)[C@@H]1CCO[C@@H]2CCN(c3ncccn3)C[C@@H]21. The van der Waals surface area contributed by atoms with Gasteiger partial charge in [0.25, 0.3) is 0 Å². The van der Waals surface area contributed by atoms with Gasteiger partial charge in [-0.25, -0.2) is 9.97 Å². The van der Waals surface area contributed by atoms with E-state index in [9.17, 15) is 4.79 Å². The third kappa shape index (κ3) is 3.21. The van der Waals surface area contributed by atoms with Crippen molar-refractivity contribution in [3.63, 3.8) is 0 Å². The standard InChI is InChI=1S/C16H24N4O2/c1-11(2)19-15(21)12-5-9-22-14-4-8-20(10-13(12)14)16-17-6-3-7-18-16/h3,6-7,11-14H,4-5,8-10H2,1-2H3,(H,19,21)/t12-,13-,14-/m1/s1. The summed E-state index contributed by atoms with van der Waals surface area (Å²) in [4.78, 5) is 23.3. The number of piperidine rings is 1. The summed E-state index contributed by atoms with van der Waals surface area (Å²) in [5.74, 6) is 1.14. The molecule has 22 heavy (non-hydrogen) atoms. The minimum atomic E-state index is 0.0210. The van der Waals surface area contributed by atoms with Gasteiger partial charge in [0, 0.05) is 50.0 Å². The molecular formula is C16H24N4O2. The van der Waals surface area contributed by atoms with Crippen LogP contribution in [0.15, 0.2) is 18.5 Å². The van der Waals surface area contributed by atoms with Crippen molar-refractivity contribution in [3.8, 4) is 0 Å². The molecular weight excluding hydrogens is 280 g/mol. The quantitative estimate of drug-likeness (QED) is 0.910. The van der Waals surface area contributed by atoms with Gasteiger partial charge in [-0.05, 0) is 32.8 Å². The van der Waals surface area contributed by atoms with Crippen LogP contribution in [0.3, 0.4) is 0 Å². The smallest absolute Gasteiger partial charge is 0.225 e. The van der Waals surface area contributed by atoms with Crippen LogP contribution in [0.25, 0.3) is 0 Å². The van der Waals surface area contributed by atoms with Gasteiger partial charge in [0.05, 0.1) is 6.10 Å². The molecule has 2 fully saturated rings. The fourth-order valence-electron chi connectivity index (χ4n) is 3.47. The van der Waals surface area contributed by atoms with E-state index in [-0.39, 0.29) is 29.9 Å². The Labute approximate surface area is 131 Å². The van der Waals surface area contributed by atoms with Crippen LogP contribution in [0, 0.1) is 11.8 Å². The molecule has 0 radical (unpaired) electrons. The van der Waals surface area contributed by atoms with Crippen LogP contribution >= 0.6 is 0 Å². The number of anilines is 1. The molecule has 2 saturated heterocycles. The number of fused-ring (bicyclic) bond motifs is 1. The number of ether oxygens (including phenoxy) is 1. The summed E-state index contributed by atoms with van der Waals surface area (Å²) in [5, 5.41) is 3.06. The van der Waals surface area contributed by atoms with Gasteiger partial charge in [0.1, 0.15) is 0 Å². The summed E-state index contributed by atoms with van der Waals surface area (Å²) in [7, 11) is 0. The number of nitrogens with zero attached hydrogens (tertiary/aromatic N) is 3. The zero-order valence-corrected chi connectivity index (χ0v) is 13.2. The minimum absolute atomic E-state index is 0.0210. The first-order valence-electron chi connectivity index (χ1n) is 8.09. The number of aromatic nitrogens is 2. The van der Waals surface area contributed by atoms with Crippen molar-refractivity contribution < 1.29 is 9.53 Å². The molecule has 3 rings (SSSR count). The van der Waals surface area contributed by atoms with E-state index >= 15 is 0 Å². The van der Waals surface area contributed by atoms with Crippen molar-refractivity contribution in [2.24, 2.45) is 11.8 Å². The molecule has 6 heteroatoms. The molecule has 1 aromatic heterocycles. The molecule has 1 aromatic rings. The fourth-order valence-corrected chi connectivity index (χ4v) is 3.47. The highest BCUT2D eigenvalue weighted by Crippen LogP contribution is 2.34. The maximum Gasteiger partial charge on any atom is 0.225 e. The number of carbonyl (C=O) groups is 1. The lowest BCUT2D eigenvalue weighted by atomic mass is 9.79. The number of rotatable bonds is 3. The molecule has 0 aliphatic carbocycles. The highest BCUT2D eigenvalue weighted by molar-refractivity contribution is 5.79. The predicted octanol–water partition coefficient (Wildman–Crippen LogP) is 1.23. The second kappa shape index (κ2) is 6.60. The monoisotopic (exact) mass is 304 g/mol. The fraction of sp³-hybridized carbons (Fsp3) is 0.688. The maximum atomic E-state index is 12.5. The van der Waals surface area contributed by atoms with Gasteiger partial charge < -0.3 is 15.0 Å². The van der Waals surface area contributed by atoms with E-state index in [0.717, 1.165) is 31.9 Å². The van der Waals surface area contributed by atoms with Crippen LogP contribution in [-0.4, -0.2) is 47.7 Å². The Kier molecular flexibility index (Phi) is 4.57. The van der Waals surface area contributed by atoms with Gasteiger partial charge >= 0.3 is 0 Å². The number of amides is 1. The first kappa shape index (κ1) is 15.2. The number of hydrogen-bond donors (Lipinski definition) is 1. The van der Waals surface area contributed by atoms with Crippen molar-refractivity contribution in [2.75, 3.05) is 24.6 Å². The van der Waals surface area contributed by atoms with Crippen molar-refractivity contribution >= 4 is 11.9 Å². The van der Waals surface area contributed by atoms with E-state index in [1.165, 1.54) is 0 Å². The highest BCUT2D eigenvalue weighted by atomic mass is 16.5. The van der Waals surface area contributed by atoms with Crippen LogP contribution in [0.5, 0.6) is 0 Å².